The number of nitrogens with one attached hydrogen (secondary N) is 1. The lowest BCUT2D eigenvalue weighted by Gasteiger charge is -2.33. The van der Waals surface area contributed by atoms with Gasteiger partial charge in [-0.25, -0.2) is 4.39 Å². The molecule has 5 heteroatoms. The molecule has 5 rings (SSSR count). The van der Waals surface area contributed by atoms with Crippen LogP contribution in [0.5, 0.6) is 11.5 Å². The Labute approximate surface area is 199 Å². The number of aromatic nitrogens is 1. The van der Waals surface area contributed by atoms with Crippen LogP contribution in [-0.4, -0.2) is 17.6 Å². The van der Waals surface area contributed by atoms with Crippen LogP contribution in [0.4, 0.5) is 10.1 Å². The SMILES string of the molecule is COc1cc(F)ccc1-c1ccc2c(c1COc1ccc3ncccc3c1)C(C)=CC(C)(C)N2. The van der Waals surface area contributed by atoms with Crippen molar-refractivity contribution in [1.29, 1.82) is 0 Å². The second-order valence-corrected chi connectivity index (χ2v) is 9.18. The molecular weight excluding hydrogens is 427 g/mol. The second kappa shape index (κ2) is 8.49. The lowest BCUT2D eigenvalue weighted by molar-refractivity contribution is 0.307. The molecule has 3 aromatic carbocycles. The first-order valence-corrected chi connectivity index (χ1v) is 11.3. The lowest BCUT2D eigenvalue weighted by Crippen LogP contribution is -2.32. The average Bonchev–Trinajstić information content (AvgIpc) is 2.81. The molecule has 34 heavy (non-hydrogen) atoms. The number of methoxy groups -OCH3 is 1. The van der Waals surface area contributed by atoms with Crippen molar-refractivity contribution < 1.29 is 13.9 Å². The molecular formula is C29H27FN2O2. The lowest BCUT2D eigenvalue weighted by atomic mass is 9.85. The summed E-state index contributed by atoms with van der Waals surface area (Å²) in [4.78, 5) is 4.39. The molecule has 0 radical (unpaired) electrons. The molecule has 0 fully saturated rings. The van der Waals surface area contributed by atoms with E-state index < -0.39 is 0 Å². The van der Waals surface area contributed by atoms with Gasteiger partial charge in [-0.2, -0.15) is 0 Å². The van der Waals surface area contributed by atoms with E-state index in [1.165, 1.54) is 17.7 Å². The molecule has 0 aliphatic carbocycles. The van der Waals surface area contributed by atoms with Gasteiger partial charge in [0, 0.05) is 40.0 Å². The largest absolute Gasteiger partial charge is 0.496 e. The summed E-state index contributed by atoms with van der Waals surface area (Å²) in [5.74, 6) is 0.921. The number of benzene rings is 3. The normalized spacial score (nSPS) is 14.2. The Kier molecular flexibility index (Phi) is 5.48. The monoisotopic (exact) mass is 454 g/mol. The van der Waals surface area contributed by atoms with E-state index in [2.05, 4.69) is 49.3 Å². The van der Waals surface area contributed by atoms with Crippen molar-refractivity contribution in [2.24, 2.45) is 0 Å². The first kappa shape index (κ1) is 22.0. The van der Waals surface area contributed by atoms with Crippen molar-refractivity contribution in [2.45, 2.75) is 32.9 Å². The van der Waals surface area contributed by atoms with Crippen LogP contribution in [0.1, 0.15) is 31.9 Å². The third kappa shape index (κ3) is 4.10. The van der Waals surface area contributed by atoms with Gasteiger partial charge in [-0.1, -0.05) is 18.2 Å². The average molecular weight is 455 g/mol. The summed E-state index contributed by atoms with van der Waals surface area (Å²) in [5.41, 5.74) is 6.89. The van der Waals surface area contributed by atoms with Crippen LogP contribution >= 0.6 is 0 Å². The molecule has 4 aromatic rings. The van der Waals surface area contributed by atoms with E-state index in [1.807, 2.05) is 30.3 Å². The van der Waals surface area contributed by atoms with Crippen LogP contribution in [-0.2, 0) is 6.61 Å². The summed E-state index contributed by atoms with van der Waals surface area (Å²) in [7, 11) is 1.56. The van der Waals surface area contributed by atoms with E-state index in [1.54, 1.807) is 19.4 Å². The van der Waals surface area contributed by atoms with Crippen LogP contribution < -0.4 is 14.8 Å². The molecule has 0 unspecified atom stereocenters. The number of fused-ring (bicyclic) bond motifs is 2. The van der Waals surface area contributed by atoms with Crippen molar-refractivity contribution in [3.05, 3.63) is 89.9 Å². The standard InChI is InChI=1S/C29H27FN2O2/c1-18-16-29(2,3)32-26-12-10-22(23-9-7-20(30)15-27(23)33-4)24(28(18)26)17-34-21-8-11-25-19(14-21)6-5-13-31-25/h5-16,32H,17H2,1-4H3. The van der Waals surface area contributed by atoms with E-state index in [0.717, 1.165) is 44.6 Å². The predicted molar refractivity (Wildman–Crippen MR) is 136 cm³/mol. The van der Waals surface area contributed by atoms with Gasteiger partial charge in [-0.05, 0) is 74.4 Å². The highest BCUT2D eigenvalue weighted by molar-refractivity contribution is 5.88. The van der Waals surface area contributed by atoms with Crippen LogP contribution in [0.2, 0.25) is 0 Å². The van der Waals surface area contributed by atoms with Gasteiger partial charge in [0.2, 0.25) is 0 Å². The highest BCUT2D eigenvalue weighted by Gasteiger charge is 2.27. The van der Waals surface area contributed by atoms with E-state index in [4.69, 9.17) is 9.47 Å². The van der Waals surface area contributed by atoms with Crippen molar-refractivity contribution in [3.8, 4) is 22.6 Å². The molecule has 0 amide bonds. The first-order valence-electron chi connectivity index (χ1n) is 11.3. The van der Waals surface area contributed by atoms with Crippen LogP contribution in [0.15, 0.2) is 72.9 Å². The molecule has 172 valence electrons. The minimum absolute atomic E-state index is 0.157. The molecule has 0 atom stereocenters. The Balaban J connectivity index is 1.62. The van der Waals surface area contributed by atoms with Crippen LogP contribution in [0.25, 0.3) is 27.6 Å². The zero-order valence-electron chi connectivity index (χ0n) is 19.8. The third-order valence-corrected chi connectivity index (χ3v) is 6.15. The Morgan fingerprint density at radius 1 is 1.00 bits per heavy atom. The van der Waals surface area contributed by atoms with E-state index in [0.29, 0.717) is 12.4 Å². The fourth-order valence-electron chi connectivity index (χ4n) is 4.79. The number of anilines is 1. The number of nitrogens with zero attached hydrogens (tertiary/aromatic N) is 1. The summed E-state index contributed by atoms with van der Waals surface area (Å²) in [6.45, 7) is 6.77. The summed E-state index contributed by atoms with van der Waals surface area (Å²) in [6, 6.07) is 18.6. The second-order valence-electron chi connectivity index (χ2n) is 9.18. The number of halogens is 1. The van der Waals surface area contributed by atoms with Crippen molar-refractivity contribution in [1.82, 2.24) is 4.98 Å². The minimum Gasteiger partial charge on any atom is -0.496 e. The smallest absolute Gasteiger partial charge is 0.129 e. The summed E-state index contributed by atoms with van der Waals surface area (Å²) >= 11 is 0. The molecule has 0 saturated heterocycles. The van der Waals surface area contributed by atoms with Crippen molar-refractivity contribution >= 4 is 22.2 Å². The predicted octanol–water partition coefficient (Wildman–Crippen LogP) is 7.24. The summed E-state index contributed by atoms with van der Waals surface area (Å²) in [6.07, 6.45) is 4.01. The van der Waals surface area contributed by atoms with Crippen molar-refractivity contribution in [2.75, 3.05) is 12.4 Å². The van der Waals surface area contributed by atoms with Gasteiger partial charge >= 0.3 is 0 Å². The highest BCUT2D eigenvalue weighted by atomic mass is 19.1. The third-order valence-electron chi connectivity index (χ3n) is 6.15. The zero-order valence-corrected chi connectivity index (χ0v) is 19.8. The molecule has 1 aliphatic rings. The Morgan fingerprint density at radius 3 is 2.65 bits per heavy atom. The topological polar surface area (TPSA) is 43.4 Å². The zero-order chi connectivity index (χ0) is 23.9. The Hall–Kier alpha value is -3.86. The van der Waals surface area contributed by atoms with Gasteiger partial charge in [-0.3, -0.25) is 4.98 Å². The fraction of sp³-hybridized carbons (Fsp3) is 0.207. The molecule has 1 aliphatic heterocycles. The molecule has 2 heterocycles. The van der Waals surface area contributed by atoms with Gasteiger partial charge in [-0.15, -0.1) is 0 Å². The Bertz CT molecular complexity index is 1430. The van der Waals surface area contributed by atoms with Crippen LogP contribution in [0, 0.1) is 5.82 Å². The maximum atomic E-state index is 13.9. The number of rotatable bonds is 5. The van der Waals surface area contributed by atoms with E-state index in [-0.39, 0.29) is 11.4 Å². The van der Waals surface area contributed by atoms with Gasteiger partial charge in [0.15, 0.2) is 0 Å². The molecule has 0 saturated carbocycles. The van der Waals surface area contributed by atoms with Crippen molar-refractivity contribution in [3.63, 3.8) is 0 Å². The Morgan fingerprint density at radius 2 is 1.82 bits per heavy atom. The van der Waals surface area contributed by atoms with Gasteiger partial charge in [0.25, 0.3) is 0 Å². The quantitative estimate of drug-likeness (QED) is 0.345. The number of hydrogen-bond donors (Lipinski definition) is 1. The van der Waals surface area contributed by atoms with Gasteiger partial charge in [0.1, 0.15) is 23.9 Å². The summed E-state index contributed by atoms with van der Waals surface area (Å²) in [5, 5.41) is 4.64. The number of hydrogen-bond acceptors (Lipinski definition) is 4. The van der Waals surface area contributed by atoms with Gasteiger partial charge < -0.3 is 14.8 Å². The molecule has 1 N–H and O–H groups in total. The number of pyridine rings is 1. The van der Waals surface area contributed by atoms with Crippen LogP contribution in [0.3, 0.4) is 0 Å². The van der Waals surface area contributed by atoms with E-state index >= 15 is 0 Å². The minimum atomic E-state index is -0.333. The maximum absolute atomic E-state index is 13.9. The molecule has 0 spiro atoms. The maximum Gasteiger partial charge on any atom is 0.129 e. The molecule has 1 aromatic heterocycles. The highest BCUT2D eigenvalue weighted by Crippen LogP contribution is 2.43. The summed E-state index contributed by atoms with van der Waals surface area (Å²) < 4.78 is 25.8. The first-order chi connectivity index (χ1) is 16.3. The number of ether oxygens (including phenoxy) is 2. The molecule has 0 bridgehead atoms. The van der Waals surface area contributed by atoms with E-state index in [9.17, 15) is 4.39 Å². The van der Waals surface area contributed by atoms with Gasteiger partial charge in [0.05, 0.1) is 18.2 Å². The molecule has 4 nitrogen and oxygen atoms in total. The fourth-order valence-corrected chi connectivity index (χ4v) is 4.79. The number of allylic oxidation sites excluding steroid dienone is 1.